The summed E-state index contributed by atoms with van der Waals surface area (Å²) in [6, 6.07) is 8.47. The Hall–Kier alpha value is -0.340. The van der Waals surface area contributed by atoms with E-state index in [0.717, 1.165) is 5.75 Å². The zero-order chi connectivity index (χ0) is 7.68. The largest absolute Gasteiger partial charge is 0.120 e. The molecule has 1 heterocycles. The van der Waals surface area contributed by atoms with Crippen LogP contribution in [0, 0.1) is 0 Å². The quantitative estimate of drug-likeness (QED) is 0.600. The molecule has 0 atom stereocenters. The highest BCUT2D eigenvalue weighted by Gasteiger charge is 2.10. The second kappa shape index (κ2) is 2.95. The lowest BCUT2D eigenvalue weighted by Gasteiger charge is -2.15. The highest BCUT2D eigenvalue weighted by atomic mass is 32.2. The molecule has 0 spiro atoms. The summed E-state index contributed by atoms with van der Waals surface area (Å²) in [6.45, 7) is 3.96. The fourth-order valence-electron chi connectivity index (χ4n) is 0.997. The van der Waals surface area contributed by atoms with Gasteiger partial charge in [-0.1, -0.05) is 30.5 Å². The summed E-state index contributed by atoms with van der Waals surface area (Å²) < 4.78 is 0. The zero-order valence-corrected chi connectivity index (χ0v) is 7.67. The van der Waals surface area contributed by atoms with E-state index in [4.69, 9.17) is 0 Å². The van der Waals surface area contributed by atoms with E-state index in [0.29, 0.717) is 0 Å². The van der Waals surface area contributed by atoms with Gasteiger partial charge in [-0.25, -0.2) is 0 Å². The lowest BCUT2D eigenvalue weighted by atomic mass is 10.4. The number of benzene rings is 1. The Balaban J connectivity index is 2.41. The molecule has 2 heteroatoms. The molecule has 0 N–H and O–H groups in total. The number of hydrogen-bond acceptors (Lipinski definition) is 2. The molecule has 0 bridgehead atoms. The third kappa shape index (κ3) is 1.47. The Morgan fingerprint density at radius 2 is 1.91 bits per heavy atom. The standard InChI is InChI=1S/C9H8S2/c1-7-6-10-8-4-2-3-5-9(8)11-7/h2-5H,1,6H2. The molecular formula is C9H8S2. The molecule has 11 heavy (non-hydrogen) atoms. The van der Waals surface area contributed by atoms with Crippen LogP contribution in [0.5, 0.6) is 0 Å². The van der Waals surface area contributed by atoms with Gasteiger partial charge in [0.25, 0.3) is 0 Å². The normalized spacial score (nSPS) is 16.2. The first-order valence-electron chi connectivity index (χ1n) is 3.44. The van der Waals surface area contributed by atoms with E-state index in [-0.39, 0.29) is 0 Å². The van der Waals surface area contributed by atoms with Crippen LogP contribution in [-0.4, -0.2) is 5.75 Å². The van der Waals surface area contributed by atoms with Crippen molar-refractivity contribution in [1.29, 1.82) is 0 Å². The van der Waals surface area contributed by atoms with Gasteiger partial charge in [0, 0.05) is 15.5 Å². The molecule has 0 radical (unpaired) electrons. The van der Waals surface area contributed by atoms with E-state index in [1.807, 2.05) is 11.8 Å². The SMILES string of the molecule is C=C1CSc2ccccc2S1. The predicted molar refractivity (Wildman–Crippen MR) is 52.2 cm³/mol. The van der Waals surface area contributed by atoms with Crippen molar-refractivity contribution in [3.63, 3.8) is 0 Å². The van der Waals surface area contributed by atoms with Crippen molar-refractivity contribution in [2.45, 2.75) is 9.79 Å². The van der Waals surface area contributed by atoms with Crippen LogP contribution in [0.1, 0.15) is 0 Å². The van der Waals surface area contributed by atoms with Crippen molar-refractivity contribution in [2.24, 2.45) is 0 Å². The molecule has 1 aromatic carbocycles. The van der Waals surface area contributed by atoms with Gasteiger partial charge in [0.1, 0.15) is 0 Å². The summed E-state index contributed by atoms with van der Waals surface area (Å²) in [7, 11) is 0. The molecule has 0 fully saturated rings. The van der Waals surface area contributed by atoms with E-state index in [1.54, 1.807) is 11.8 Å². The van der Waals surface area contributed by atoms with Crippen LogP contribution in [-0.2, 0) is 0 Å². The zero-order valence-electron chi connectivity index (χ0n) is 6.04. The minimum atomic E-state index is 1.06. The van der Waals surface area contributed by atoms with E-state index < -0.39 is 0 Å². The molecule has 1 aliphatic rings. The lowest BCUT2D eigenvalue weighted by Crippen LogP contribution is -1.89. The van der Waals surface area contributed by atoms with Crippen LogP contribution in [0.25, 0.3) is 0 Å². The third-order valence-corrected chi connectivity index (χ3v) is 3.97. The monoisotopic (exact) mass is 180 g/mol. The molecule has 2 rings (SSSR count). The summed E-state index contributed by atoms with van der Waals surface area (Å²) in [5.74, 6) is 1.06. The Bertz CT molecular complexity index is 291. The molecule has 0 saturated heterocycles. The van der Waals surface area contributed by atoms with Crippen LogP contribution in [0.4, 0.5) is 0 Å². The van der Waals surface area contributed by atoms with Gasteiger partial charge >= 0.3 is 0 Å². The van der Waals surface area contributed by atoms with E-state index >= 15 is 0 Å². The molecular weight excluding hydrogens is 172 g/mol. The molecule has 1 aliphatic heterocycles. The summed E-state index contributed by atoms with van der Waals surface area (Å²) in [4.78, 5) is 4.01. The molecule has 0 aromatic heterocycles. The second-order valence-electron chi connectivity index (χ2n) is 2.38. The van der Waals surface area contributed by atoms with Crippen molar-refractivity contribution in [2.75, 3.05) is 5.75 Å². The minimum absolute atomic E-state index is 1.06. The van der Waals surface area contributed by atoms with Gasteiger partial charge in [-0.15, -0.1) is 11.8 Å². The van der Waals surface area contributed by atoms with Gasteiger partial charge in [0.2, 0.25) is 0 Å². The Labute approximate surface area is 75.1 Å². The number of thioether (sulfide) groups is 2. The smallest absolute Gasteiger partial charge is 0.0290 e. The molecule has 0 unspecified atom stereocenters. The van der Waals surface area contributed by atoms with Crippen LogP contribution < -0.4 is 0 Å². The Morgan fingerprint density at radius 1 is 1.18 bits per heavy atom. The number of hydrogen-bond donors (Lipinski definition) is 0. The van der Waals surface area contributed by atoms with Crippen LogP contribution >= 0.6 is 23.5 Å². The van der Waals surface area contributed by atoms with Crippen molar-refractivity contribution in [3.8, 4) is 0 Å². The summed E-state index contributed by atoms with van der Waals surface area (Å²) in [5, 5.41) is 0. The van der Waals surface area contributed by atoms with Gasteiger partial charge < -0.3 is 0 Å². The first-order chi connectivity index (χ1) is 5.36. The fraction of sp³-hybridized carbons (Fsp3) is 0.111. The van der Waals surface area contributed by atoms with E-state index in [9.17, 15) is 0 Å². The fourth-order valence-corrected chi connectivity index (χ4v) is 3.04. The number of fused-ring (bicyclic) bond motifs is 1. The highest BCUT2D eigenvalue weighted by molar-refractivity contribution is 8.08. The maximum atomic E-state index is 3.96. The maximum absolute atomic E-state index is 3.96. The molecule has 0 nitrogen and oxygen atoms in total. The van der Waals surface area contributed by atoms with Gasteiger partial charge in [0.15, 0.2) is 0 Å². The predicted octanol–water partition coefficient (Wildman–Crippen LogP) is 3.40. The van der Waals surface area contributed by atoms with Crippen LogP contribution in [0.3, 0.4) is 0 Å². The topological polar surface area (TPSA) is 0 Å². The second-order valence-corrected chi connectivity index (χ2v) is 4.61. The van der Waals surface area contributed by atoms with Crippen LogP contribution in [0.15, 0.2) is 45.5 Å². The van der Waals surface area contributed by atoms with Gasteiger partial charge in [0.05, 0.1) is 0 Å². The summed E-state index contributed by atoms with van der Waals surface area (Å²) >= 11 is 3.67. The first kappa shape index (κ1) is 7.32. The Kier molecular flexibility index (Phi) is 1.96. The van der Waals surface area contributed by atoms with Crippen molar-refractivity contribution in [3.05, 3.63) is 35.7 Å². The lowest BCUT2D eigenvalue weighted by molar-refractivity contribution is 1.24. The highest BCUT2D eigenvalue weighted by Crippen LogP contribution is 2.41. The number of rotatable bonds is 0. The van der Waals surface area contributed by atoms with E-state index in [2.05, 4.69) is 30.8 Å². The maximum Gasteiger partial charge on any atom is 0.0290 e. The summed E-state index contributed by atoms with van der Waals surface area (Å²) in [5.41, 5.74) is 0. The Morgan fingerprint density at radius 3 is 2.73 bits per heavy atom. The minimum Gasteiger partial charge on any atom is -0.120 e. The van der Waals surface area contributed by atoms with Crippen molar-refractivity contribution < 1.29 is 0 Å². The average molecular weight is 180 g/mol. The average Bonchev–Trinajstić information content (AvgIpc) is 2.04. The van der Waals surface area contributed by atoms with Crippen molar-refractivity contribution >= 4 is 23.5 Å². The van der Waals surface area contributed by atoms with Gasteiger partial charge in [-0.2, -0.15) is 0 Å². The van der Waals surface area contributed by atoms with Crippen LogP contribution in [0.2, 0.25) is 0 Å². The van der Waals surface area contributed by atoms with Crippen molar-refractivity contribution in [1.82, 2.24) is 0 Å². The van der Waals surface area contributed by atoms with Gasteiger partial charge in [-0.05, 0) is 17.0 Å². The molecule has 0 saturated carbocycles. The molecule has 1 aromatic rings. The third-order valence-electron chi connectivity index (χ3n) is 1.49. The molecule has 56 valence electrons. The first-order valence-corrected chi connectivity index (χ1v) is 5.24. The van der Waals surface area contributed by atoms with E-state index in [1.165, 1.54) is 14.7 Å². The summed E-state index contributed by atoms with van der Waals surface area (Å²) in [6.07, 6.45) is 0. The molecule has 0 amide bonds. The van der Waals surface area contributed by atoms with Gasteiger partial charge in [-0.3, -0.25) is 0 Å². The molecule has 0 aliphatic carbocycles.